The van der Waals surface area contributed by atoms with Crippen molar-refractivity contribution in [3.8, 4) is 6.07 Å². The Balaban J connectivity index is 1.91. The Kier molecular flexibility index (Phi) is 3.17. The highest BCUT2D eigenvalue weighted by molar-refractivity contribution is 5.82. The van der Waals surface area contributed by atoms with Gasteiger partial charge in [0.25, 0.3) is 0 Å². The van der Waals surface area contributed by atoms with Crippen LogP contribution in [0.4, 0.5) is 0 Å². The number of aromatic nitrogens is 2. The zero-order chi connectivity index (χ0) is 13.8. The number of H-pyrrole nitrogens is 1. The minimum atomic E-state index is 0.476. The summed E-state index contributed by atoms with van der Waals surface area (Å²) in [5.74, 6) is 1.31. The van der Waals surface area contributed by atoms with Crippen molar-refractivity contribution in [2.24, 2.45) is 0 Å². The van der Waals surface area contributed by atoms with Gasteiger partial charge in [-0.3, -0.25) is 0 Å². The Morgan fingerprint density at radius 1 is 1.25 bits per heavy atom. The van der Waals surface area contributed by atoms with Crippen LogP contribution in [0.1, 0.15) is 11.6 Å². The Morgan fingerprint density at radius 2 is 2.15 bits per heavy atom. The second-order valence-electron chi connectivity index (χ2n) is 4.17. The third kappa shape index (κ3) is 2.38. The van der Waals surface area contributed by atoms with Crippen molar-refractivity contribution in [2.45, 2.75) is 0 Å². The Bertz CT molecular complexity index is 784. The lowest BCUT2D eigenvalue weighted by atomic mass is 10.2. The van der Waals surface area contributed by atoms with Crippen LogP contribution in [0.15, 0.2) is 59.2 Å². The fourth-order valence-corrected chi connectivity index (χ4v) is 1.87. The first-order valence-corrected chi connectivity index (χ1v) is 6.14. The largest absolute Gasteiger partial charge is 0.465 e. The first-order chi connectivity index (χ1) is 9.86. The predicted octanol–water partition coefficient (Wildman–Crippen LogP) is 3.78. The van der Waals surface area contributed by atoms with Gasteiger partial charge < -0.3 is 9.40 Å². The number of furan rings is 1. The van der Waals surface area contributed by atoms with Crippen LogP contribution in [0.25, 0.3) is 22.7 Å². The van der Waals surface area contributed by atoms with Crippen molar-refractivity contribution in [3.63, 3.8) is 0 Å². The van der Waals surface area contributed by atoms with Gasteiger partial charge in [-0.25, -0.2) is 4.98 Å². The minimum Gasteiger partial charge on any atom is -0.465 e. The number of nitrogens with zero attached hydrogens (tertiary/aromatic N) is 2. The lowest BCUT2D eigenvalue weighted by Crippen LogP contribution is -1.83. The maximum atomic E-state index is 9.23. The molecule has 96 valence electrons. The molecule has 1 N–H and O–H groups in total. The van der Waals surface area contributed by atoms with Crippen molar-refractivity contribution in [1.29, 1.82) is 5.26 Å². The number of allylic oxidation sites excluding steroid dienone is 3. The van der Waals surface area contributed by atoms with E-state index in [2.05, 4.69) is 16.0 Å². The number of para-hydroxylation sites is 2. The molecule has 3 rings (SSSR count). The molecule has 4 heteroatoms. The highest BCUT2D eigenvalue weighted by atomic mass is 16.3. The number of nitrogens with one attached hydrogen (secondary N) is 1. The molecule has 1 aromatic carbocycles. The van der Waals surface area contributed by atoms with Gasteiger partial charge in [0.05, 0.1) is 22.9 Å². The predicted molar refractivity (Wildman–Crippen MR) is 77.4 cm³/mol. The minimum absolute atomic E-state index is 0.476. The number of nitriles is 1. The third-order valence-electron chi connectivity index (χ3n) is 2.83. The molecule has 0 unspecified atom stereocenters. The zero-order valence-electron chi connectivity index (χ0n) is 10.6. The summed E-state index contributed by atoms with van der Waals surface area (Å²) >= 11 is 0. The zero-order valence-corrected chi connectivity index (χ0v) is 10.6. The maximum Gasteiger partial charge on any atom is 0.149 e. The smallest absolute Gasteiger partial charge is 0.149 e. The average molecular weight is 261 g/mol. The molecule has 0 aliphatic rings. The average Bonchev–Trinajstić information content (AvgIpc) is 3.12. The summed E-state index contributed by atoms with van der Waals surface area (Å²) in [6, 6.07) is 13.5. The number of fused-ring (bicyclic) bond motifs is 1. The van der Waals surface area contributed by atoms with Gasteiger partial charge in [-0.2, -0.15) is 5.26 Å². The Labute approximate surface area is 115 Å². The third-order valence-corrected chi connectivity index (χ3v) is 2.83. The molecule has 3 aromatic rings. The van der Waals surface area contributed by atoms with Crippen LogP contribution in [-0.2, 0) is 0 Å². The number of imidazole rings is 1. The van der Waals surface area contributed by atoms with E-state index in [0.717, 1.165) is 16.8 Å². The summed E-state index contributed by atoms with van der Waals surface area (Å²) < 4.78 is 5.18. The van der Waals surface area contributed by atoms with Crippen LogP contribution < -0.4 is 0 Å². The van der Waals surface area contributed by atoms with Gasteiger partial charge >= 0.3 is 0 Å². The Hall–Kier alpha value is -3.06. The van der Waals surface area contributed by atoms with Gasteiger partial charge in [0, 0.05) is 0 Å². The fourth-order valence-electron chi connectivity index (χ4n) is 1.87. The summed E-state index contributed by atoms with van der Waals surface area (Å²) in [5, 5.41) is 9.23. The molecule has 20 heavy (non-hydrogen) atoms. The monoisotopic (exact) mass is 261 g/mol. The van der Waals surface area contributed by atoms with Crippen LogP contribution in [0.2, 0.25) is 0 Å². The van der Waals surface area contributed by atoms with E-state index < -0.39 is 0 Å². The number of aromatic amines is 1. The molecule has 0 saturated carbocycles. The molecule has 4 nitrogen and oxygen atoms in total. The van der Waals surface area contributed by atoms with E-state index >= 15 is 0 Å². The number of rotatable bonds is 3. The summed E-state index contributed by atoms with van der Waals surface area (Å²) in [7, 11) is 0. The topological polar surface area (TPSA) is 65.6 Å². The van der Waals surface area contributed by atoms with E-state index in [1.54, 1.807) is 24.5 Å². The molecular weight excluding hydrogens is 250 g/mol. The SMILES string of the molecule is N#C/C(=C\C=C\c1ccco1)c1nc2ccccc2[nH]1. The summed E-state index contributed by atoms with van der Waals surface area (Å²) in [4.78, 5) is 7.53. The second-order valence-corrected chi connectivity index (χ2v) is 4.17. The standard InChI is InChI=1S/C16H11N3O/c17-11-12(5-3-6-13-7-4-10-20-13)16-18-14-8-1-2-9-15(14)19-16/h1-10H,(H,18,19)/b6-3+,12-5+. The lowest BCUT2D eigenvalue weighted by molar-refractivity contribution is 0.557. The quantitative estimate of drug-likeness (QED) is 0.576. The summed E-state index contributed by atoms with van der Waals surface area (Å²) in [6.45, 7) is 0. The molecule has 0 bridgehead atoms. The number of benzene rings is 1. The van der Waals surface area contributed by atoms with Gasteiger partial charge in [-0.1, -0.05) is 18.2 Å². The van der Waals surface area contributed by atoms with Crippen molar-refractivity contribution in [1.82, 2.24) is 9.97 Å². The summed E-state index contributed by atoms with van der Waals surface area (Å²) in [5.41, 5.74) is 2.24. The molecule has 0 aliphatic heterocycles. The van der Waals surface area contributed by atoms with E-state index in [4.69, 9.17) is 4.42 Å². The molecule has 0 radical (unpaired) electrons. The molecule has 0 fully saturated rings. The van der Waals surface area contributed by atoms with Gasteiger partial charge in [-0.05, 0) is 36.4 Å². The first-order valence-electron chi connectivity index (χ1n) is 6.14. The molecule has 0 aliphatic carbocycles. The van der Waals surface area contributed by atoms with Crippen LogP contribution in [0.3, 0.4) is 0 Å². The van der Waals surface area contributed by atoms with E-state index in [1.165, 1.54) is 0 Å². The number of hydrogen-bond donors (Lipinski definition) is 1. The molecule has 0 atom stereocenters. The van der Waals surface area contributed by atoms with Gasteiger partial charge in [-0.15, -0.1) is 0 Å². The highest BCUT2D eigenvalue weighted by Crippen LogP contribution is 2.16. The molecule has 0 amide bonds. The van der Waals surface area contributed by atoms with Crippen molar-refractivity contribution >= 4 is 22.7 Å². The van der Waals surface area contributed by atoms with Crippen LogP contribution in [0, 0.1) is 11.3 Å². The molecular formula is C16H11N3O. The van der Waals surface area contributed by atoms with E-state index in [0.29, 0.717) is 11.4 Å². The van der Waals surface area contributed by atoms with Crippen molar-refractivity contribution < 1.29 is 4.42 Å². The molecule has 0 spiro atoms. The lowest BCUT2D eigenvalue weighted by Gasteiger charge is -1.89. The molecule has 2 aromatic heterocycles. The van der Waals surface area contributed by atoms with E-state index in [1.807, 2.05) is 36.4 Å². The number of hydrogen-bond acceptors (Lipinski definition) is 3. The van der Waals surface area contributed by atoms with Gasteiger partial charge in [0.1, 0.15) is 17.7 Å². The van der Waals surface area contributed by atoms with E-state index in [-0.39, 0.29) is 0 Å². The van der Waals surface area contributed by atoms with Gasteiger partial charge in [0.15, 0.2) is 0 Å². The normalized spacial score (nSPS) is 12.1. The summed E-state index contributed by atoms with van der Waals surface area (Å²) in [6.07, 6.45) is 6.87. The second kappa shape index (κ2) is 5.29. The van der Waals surface area contributed by atoms with Crippen LogP contribution in [0.5, 0.6) is 0 Å². The highest BCUT2D eigenvalue weighted by Gasteiger charge is 2.05. The molecule has 0 saturated heterocycles. The van der Waals surface area contributed by atoms with E-state index in [9.17, 15) is 5.26 Å². The van der Waals surface area contributed by atoms with Gasteiger partial charge in [0.2, 0.25) is 0 Å². The maximum absolute atomic E-state index is 9.23. The first kappa shape index (κ1) is 12.0. The Morgan fingerprint density at radius 3 is 2.90 bits per heavy atom. The fraction of sp³-hybridized carbons (Fsp3) is 0. The van der Waals surface area contributed by atoms with Crippen LogP contribution in [-0.4, -0.2) is 9.97 Å². The molecule has 2 heterocycles. The van der Waals surface area contributed by atoms with Crippen molar-refractivity contribution in [3.05, 3.63) is 66.4 Å². The van der Waals surface area contributed by atoms with Crippen molar-refractivity contribution in [2.75, 3.05) is 0 Å². The van der Waals surface area contributed by atoms with Crippen LogP contribution >= 0.6 is 0 Å².